The zero-order chi connectivity index (χ0) is 34.0. The summed E-state index contributed by atoms with van der Waals surface area (Å²) in [6, 6.07) is 5.70. The van der Waals surface area contributed by atoms with Crippen LogP contribution >= 0.6 is 0 Å². The summed E-state index contributed by atoms with van der Waals surface area (Å²) in [4.78, 5) is 24.4. The predicted octanol–water partition coefficient (Wildman–Crippen LogP) is 6.79. The summed E-state index contributed by atoms with van der Waals surface area (Å²) in [5.41, 5.74) is 0.821. The number of esters is 1. The number of amides is 2. The fraction of sp³-hybridized carbons (Fsp3) is 0.778. The lowest BCUT2D eigenvalue weighted by molar-refractivity contribution is -0.177. The highest BCUT2D eigenvalue weighted by atomic mass is 32.2. The van der Waals surface area contributed by atoms with Crippen LogP contribution in [0, 0.1) is 59.7 Å². The van der Waals surface area contributed by atoms with Crippen molar-refractivity contribution in [1.29, 1.82) is 0 Å². The van der Waals surface area contributed by atoms with Gasteiger partial charge in [-0.25, -0.2) is 22.3 Å². The molecule has 2 amide bonds. The van der Waals surface area contributed by atoms with Crippen molar-refractivity contribution in [2.45, 2.75) is 123 Å². The fourth-order valence-corrected chi connectivity index (χ4v) is 11.2. The first-order chi connectivity index (χ1) is 21.7. The Labute approximate surface area is 276 Å². The summed E-state index contributed by atoms with van der Waals surface area (Å²) in [7, 11) is -3.96. The number of halogens is 1. The Morgan fingerprint density at radius 3 is 2.52 bits per heavy atom. The molecule has 0 heterocycles. The SMILES string of the molecule is CCC[C@@H](OC(C)=O)[C@H](F)[C@H]1[C@@H](CC)[C@@H](O)C2C(CC[C@@]3(C)C2CCC3[C@H](C)CCNC(=O)NS(=O)(=O)c2cccc(C)c2)[C@@H]1C. The van der Waals surface area contributed by atoms with Gasteiger partial charge in [0.2, 0.25) is 0 Å². The molecule has 3 saturated carbocycles. The maximum Gasteiger partial charge on any atom is 0.328 e. The lowest BCUT2D eigenvalue weighted by atomic mass is 9.47. The largest absolute Gasteiger partial charge is 0.459 e. The first kappa shape index (κ1) is 36.6. The van der Waals surface area contributed by atoms with Crippen molar-refractivity contribution in [2.75, 3.05) is 6.54 Å². The van der Waals surface area contributed by atoms with E-state index in [-0.39, 0.29) is 39.9 Å². The van der Waals surface area contributed by atoms with Gasteiger partial charge in [0.05, 0.1) is 11.0 Å². The first-order valence-electron chi connectivity index (χ1n) is 17.5. The monoisotopic (exact) mass is 664 g/mol. The van der Waals surface area contributed by atoms with Crippen LogP contribution in [-0.4, -0.2) is 50.4 Å². The molecule has 0 saturated heterocycles. The van der Waals surface area contributed by atoms with Crippen molar-refractivity contribution in [2.24, 2.45) is 52.8 Å². The predicted molar refractivity (Wildman–Crippen MR) is 177 cm³/mol. The van der Waals surface area contributed by atoms with Crippen LogP contribution < -0.4 is 10.0 Å². The molecule has 3 fully saturated rings. The minimum Gasteiger partial charge on any atom is -0.459 e. The molecule has 1 aromatic rings. The maximum atomic E-state index is 16.3. The van der Waals surface area contributed by atoms with Gasteiger partial charge in [0.15, 0.2) is 0 Å². The number of rotatable bonds is 12. The number of hydrogen-bond donors (Lipinski definition) is 3. The third-order valence-corrected chi connectivity index (χ3v) is 13.6. The van der Waals surface area contributed by atoms with E-state index in [1.807, 2.05) is 13.8 Å². The van der Waals surface area contributed by atoms with Gasteiger partial charge in [-0.3, -0.25) is 4.79 Å². The van der Waals surface area contributed by atoms with E-state index in [9.17, 15) is 23.1 Å². The van der Waals surface area contributed by atoms with E-state index in [1.165, 1.54) is 19.1 Å². The average Bonchev–Trinajstić information content (AvgIpc) is 3.34. The summed E-state index contributed by atoms with van der Waals surface area (Å²) in [6.45, 7) is 14.3. The Bertz CT molecular complexity index is 1330. The minimum absolute atomic E-state index is 0.0286. The molecule has 3 aliphatic carbocycles. The molecule has 4 unspecified atom stereocenters. The third-order valence-electron chi connectivity index (χ3n) is 12.3. The Hall–Kier alpha value is -2.20. The maximum absolute atomic E-state index is 16.3. The molecule has 0 bridgehead atoms. The quantitative estimate of drug-likeness (QED) is 0.212. The Morgan fingerprint density at radius 2 is 1.89 bits per heavy atom. The second kappa shape index (κ2) is 14.9. The Morgan fingerprint density at radius 1 is 1.17 bits per heavy atom. The minimum atomic E-state index is -3.96. The van der Waals surface area contributed by atoms with Gasteiger partial charge in [-0.1, -0.05) is 59.6 Å². The third kappa shape index (κ3) is 7.43. The van der Waals surface area contributed by atoms with Crippen LogP contribution in [0.4, 0.5) is 9.18 Å². The van der Waals surface area contributed by atoms with Crippen LogP contribution in [0.15, 0.2) is 29.2 Å². The molecular formula is C36H57FN2O6S. The van der Waals surface area contributed by atoms with Crippen molar-refractivity contribution >= 4 is 22.0 Å². The topological polar surface area (TPSA) is 122 Å². The van der Waals surface area contributed by atoms with E-state index >= 15 is 4.39 Å². The lowest BCUT2D eigenvalue weighted by Crippen LogP contribution is -2.59. The van der Waals surface area contributed by atoms with Crippen molar-refractivity contribution in [3.63, 3.8) is 0 Å². The molecule has 3 N–H and O–H groups in total. The van der Waals surface area contributed by atoms with Gasteiger partial charge >= 0.3 is 12.0 Å². The van der Waals surface area contributed by atoms with Crippen molar-refractivity contribution in [1.82, 2.24) is 10.0 Å². The molecule has 8 nitrogen and oxygen atoms in total. The highest BCUT2D eigenvalue weighted by Crippen LogP contribution is 2.65. The number of ether oxygens (including phenoxy) is 1. The second-order valence-electron chi connectivity index (χ2n) is 14.9. The normalized spacial score (nSPS) is 34.5. The molecular weight excluding hydrogens is 607 g/mol. The lowest BCUT2D eigenvalue weighted by Gasteiger charge is -2.59. The van der Waals surface area contributed by atoms with Crippen LogP contribution in [0.5, 0.6) is 0 Å². The van der Waals surface area contributed by atoms with Gasteiger partial charge in [-0.15, -0.1) is 0 Å². The Kier molecular flexibility index (Phi) is 11.9. The van der Waals surface area contributed by atoms with Crippen LogP contribution in [-0.2, 0) is 19.6 Å². The van der Waals surface area contributed by atoms with E-state index in [2.05, 4.69) is 30.8 Å². The van der Waals surface area contributed by atoms with Crippen molar-refractivity contribution < 1.29 is 32.2 Å². The van der Waals surface area contributed by atoms with E-state index in [1.54, 1.807) is 19.1 Å². The molecule has 0 spiro atoms. The van der Waals surface area contributed by atoms with E-state index < -0.39 is 40.4 Å². The number of carbonyl (C=O) groups excluding carboxylic acids is 2. The van der Waals surface area contributed by atoms with E-state index in [0.29, 0.717) is 37.1 Å². The van der Waals surface area contributed by atoms with Gasteiger partial charge in [0.25, 0.3) is 10.0 Å². The first-order valence-corrected chi connectivity index (χ1v) is 19.0. The summed E-state index contributed by atoms with van der Waals surface area (Å²) in [6.07, 6.45) is 3.90. The van der Waals surface area contributed by atoms with Crippen molar-refractivity contribution in [3.8, 4) is 0 Å². The molecule has 4 rings (SSSR count). The number of aliphatic hydroxyl groups is 1. The number of carbonyl (C=O) groups is 2. The zero-order valence-corrected chi connectivity index (χ0v) is 29.6. The van der Waals surface area contributed by atoms with Gasteiger partial charge < -0.3 is 15.2 Å². The highest BCUT2D eigenvalue weighted by molar-refractivity contribution is 7.90. The standard InChI is InChI=1S/C36H57FN2O6S/c1-8-11-30(45-24(6)40)33(37)31-23(5)27-16-18-36(7)28(14-15-29(36)32(27)34(41)26(31)9-2)22(4)17-19-38-35(42)39-46(43,44)25-13-10-12-21(3)20-25/h10,12-13,20,22-23,26-34,41H,8-9,11,14-19H2,1-7H3,(H2,38,39,42)/t22-,23+,26-,27?,28?,29?,30-,31-,32?,33+,34-,36-/m1/s1. The number of sulfonamides is 1. The molecule has 10 heteroatoms. The van der Waals surface area contributed by atoms with Crippen LogP contribution in [0.1, 0.15) is 98.5 Å². The summed E-state index contributed by atoms with van der Waals surface area (Å²) in [5.74, 6) is 0.417. The number of hydrogen-bond acceptors (Lipinski definition) is 6. The van der Waals surface area contributed by atoms with Gasteiger partial charge in [0, 0.05) is 19.4 Å². The summed E-state index contributed by atoms with van der Waals surface area (Å²) < 4.78 is 49.2. The van der Waals surface area contributed by atoms with Gasteiger partial charge in [0.1, 0.15) is 12.3 Å². The number of alkyl halides is 1. The molecule has 0 radical (unpaired) electrons. The number of fused-ring (bicyclic) bond motifs is 3. The number of aryl methyl sites for hydroxylation is 1. The summed E-state index contributed by atoms with van der Waals surface area (Å²) in [5, 5.41) is 14.7. The number of nitrogens with one attached hydrogen (secondary N) is 2. The van der Waals surface area contributed by atoms with Crippen LogP contribution in [0.3, 0.4) is 0 Å². The highest BCUT2D eigenvalue weighted by Gasteiger charge is 2.61. The number of aliphatic hydroxyl groups excluding tert-OH is 1. The fourth-order valence-electron chi connectivity index (χ4n) is 10.2. The summed E-state index contributed by atoms with van der Waals surface area (Å²) >= 11 is 0. The Balaban J connectivity index is 1.40. The van der Waals surface area contributed by atoms with E-state index in [4.69, 9.17) is 4.74 Å². The molecule has 0 aromatic heterocycles. The molecule has 1 aromatic carbocycles. The molecule has 260 valence electrons. The van der Waals surface area contributed by atoms with Gasteiger partial charge in [-0.2, -0.15) is 0 Å². The second-order valence-corrected chi connectivity index (χ2v) is 16.6. The number of urea groups is 1. The molecule has 0 aliphatic heterocycles. The zero-order valence-electron chi connectivity index (χ0n) is 28.8. The molecule has 46 heavy (non-hydrogen) atoms. The van der Waals surface area contributed by atoms with Crippen LogP contribution in [0.2, 0.25) is 0 Å². The average molecular weight is 665 g/mol. The van der Waals surface area contributed by atoms with Gasteiger partial charge in [-0.05, 0) is 110 Å². The number of benzene rings is 1. The smallest absolute Gasteiger partial charge is 0.328 e. The molecule has 3 aliphatic rings. The van der Waals surface area contributed by atoms with Crippen LogP contribution in [0.25, 0.3) is 0 Å². The van der Waals surface area contributed by atoms with E-state index in [0.717, 1.165) is 44.1 Å². The molecule has 12 atom stereocenters. The van der Waals surface area contributed by atoms with Crippen molar-refractivity contribution in [3.05, 3.63) is 29.8 Å².